The summed E-state index contributed by atoms with van der Waals surface area (Å²) < 4.78 is 0. The van der Waals surface area contributed by atoms with Crippen LogP contribution in [-0.4, -0.2) is 58.2 Å². The van der Waals surface area contributed by atoms with Gasteiger partial charge in [-0.2, -0.15) is 0 Å². The number of aliphatic hydroxyl groups is 1. The molecule has 0 spiro atoms. The second kappa shape index (κ2) is 8.86. The number of hydrogen-bond acceptors (Lipinski definition) is 6. The highest BCUT2D eigenvalue weighted by atomic mass is 32.2. The summed E-state index contributed by atoms with van der Waals surface area (Å²) in [5.74, 6) is -0.935. The average Bonchev–Trinajstić information content (AvgIpc) is 2.62. The summed E-state index contributed by atoms with van der Waals surface area (Å²) in [6.45, 7) is 2.70. The summed E-state index contributed by atoms with van der Waals surface area (Å²) >= 11 is 1.70. The number of carbonyl (C=O) groups is 2. The number of nitrogens with zero attached hydrogens (tertiary/aromatic N) is 2. The van der Waals surface area contributed by atoms with Crippen LogP contribution in [0, 0.1) is 12.8 Å². The van der Waals surface area contributed by atoms with E-state index in [-0.39, 0.29) is 13.0 Å². The van der Waals surface area contributed by atoms with Crippen molar-refractivity contribution in [2.45, 2.75) is 24.3 Å². The number of carboxylic acid groups (broad SMARTS) is 2. The van der Waals surface area contributed by atoms with Crippen molar-refractivity contribution in [3.8, 4) is 0 Å². The first-order valence-electron chi connectivity index (χ1n) is 8.10. The zero-order valence-electron chi connectivity index (χ0n) is 14.6. The maximum atomic E-state index is 11.3. The summed E-state index contributed by atoms with van der Waals surface area (Å²) in [4.78, 5) is 27.5. The van der Waals surface area contributed by atoms with Crippen molar-refractivity contribution in [3.05, 3.63) is 29.8 Å². The first kappa shape index (κ1) is 20.0. The molecule has 1 fully saturated rings. The van der Waals surface area contributed by atoms with Crippen molar-refractivity contribution in [3.63, 3.8) is 0 Å². The summed E-state index contributed by atoms with van der Waals surface area (Å²) in [6, 6.07) is 8.18. The average molecular weight is 378 g/mol. The number of anilines is 1. The molecule has 26 heavy (non-hydrogen) atoms. The van der Waals surface area contributed by atoms with E-state index in [2.05, 4.69) is 6.07 Å². The number of aliphatic hydroxyl groups excluding tert-OH is 1. The molecule has 2 atom stereocenters. The summed E-state index contributed by atoms with van der Waals surface area (Å²) in [5.41, 5.74) is 2.04. The molecule has 140 valence electrons. The number of rotatable bonds is 3. The smallest absolute Gasteiger partial charge is 0.310 e. The van der Waals surface area contributed by atoms with Gasteiger partial charge in [0.1, 0.15) is 11.7 Å². The third kappa shape index (κ3) is 4.44. The van der Waals surface area contributed by atoms with Gasteiger partial charge in [-0.25, -0.2) is 4.98 Å². The predicted octanol–water partition coefficient (Wildman–Crippen LogP) is 2.24. The number of thioether (sulfide) groups is 1. The minimum atomic E-state index is -0.954. The molecule has 7 nitrogen and oxygen atoms in total. The maximum Gasteiger partial charge on any atom is 0.310 e. The third-order valence-corrected chi connectivity index (χ3v) is 5.15. The highest BCUT2D eigenvalue weighted by Crippen LogP contribution is 2.29. The lowest BCUT2D eigenvalue weighted by molar-refractivity contribution is -0.146. The van der Waals surface area contributed by atoms with Crippen molar-refractivity contribution in [2.75, 3.05) is 24.2 Å². The van der Waals surface area contributed by atoms with Gasteiger partial charge in [0.2, 0.25) is 0 Å². The summed E-state index contributed by atoms with van der Waals surface area (Å²) in [5, 5.41) is 27.1. The van der Waals surface area contributed by atoms with Gasteiger partial charge in [-0.3, -0.25) is 9.59 Å². The van der Waals surface area contributed by atoms with E-state index < -0.39 is 18.0 Å². The molecule has 3 rings (SSSR count). The molecular weight excluding hydrogens is 356 g/mol. The van der Waals surface area contributed by atoms with Gasteiger partial charge in [-0.05, 0) is 49.4 Å². The van der Waals surface area contributed by atoms with Gasteiger partial charge in [0.15, 0.2) is 0 Å². The number of aryl methyl sites for hydroxylation is 1. The second-order valence-corrected chi connectivity index (χ2v) is 6.91. The Balaban J connectivity index is 0.000000758. The Bertz CT molecular complexity index is 798. The Labute approximate surface area is 155 Å². The van der Waals surface area contributed by atoms with Crippen LogP contribution in [0.1, 0.15) is 12.0 Å². The van der Waals surface area contributed by atoms with Crippen molar-refractivity contribution >= 4 is 40.9 Å². The molecule has 2 aromatic rings. The van der Waals surface area contributed by atoms with Gasteiger partial charge < -0.3 is 20.2 Å². The first-order valence-corrected chi connectivity index (χ1v) is 9.32. The standard InChI is InChI=1S/C17H20N2O3S.CH2O2/c1-10-7-16(18-14-4-3-11(23-2)8-12(10)14)19-6-5-15(20)13(9-19)17(21)22;2-1-3/h3-4,7-8,13,15,20H,5-6,9H2,1-2H3,(H,21,22);1H,(H,2,3)/t13-,15+;/m0./s1. The molecule has 0 aliphatic carbocycles. The van der Waals surface area contributed by atoms with E-state index >= 15 is 0 Å². The molecule has 1 saturated heterocycles. The normalized spacial score (nSPS) is 19.6. The van der Waals surface area contributed by atoms with Gasteiger partial charge in [-0.1, -0.05) is 0 Å². The van der Waals surface area contributed by atoms with Crippen LogP contribution in [0.3, 0.4) is 0 Å². The van der Waals surface area contributed by atoms with E-state index in [1.54, 1.807) is 11.8 Å². The van der Waals surface area contributed by atoms with E-state index in [0.717, 1.165) is 22.3 Å². The van der Waals surface area contributed by atoms with Gasteiger partial charge in [0, 0.05) is 23.4 Å². The Kier molecular flexibility index (Phi) is 6.82. The van der Waals surface area contributed by atoms with Crippen LogP contribution in [0.15, 0.2) is 29.2 Å². The molecule has 1 aliphatic heterocycles. The molecule has 0 unspecified atom stereocenters. The van der Waals surface area contributed by atoms with E-state index in [4.69, 9.17) is 14.9 Å². The quantitative estimate of drug-likeness (QED) is 0.551. The zero-order chi connectivity index (χ0) is 19.3. The lowest BCUT2D eigenvalue weighted by Crippen LogP contribution is -2.46. The van der Waals surface area contributed by atoms with Crippen molar-refractivity contribution in [1.82, 2.24) is 4.98 Å². The molecule has 1 aromatic heterocycles. The fourth-order valence-corrected chi connectivity index (χ4v) is 3.47. The second-order valence-electron chi connectivity index (χ2n) is 6.03. The Morgan fingerprint density at radius 2 is 2.08 bits per heavy atom. The molecule has 8 heteroatoms. The number of aliphatic carboxylic acids is 1. The summed E-state index contributed by atoms with van der Waals surface area (Å²) in [6.07, 6.45) is 1.71. The van der Waals surface area contributed by atoms with Crippen LogP contribution in [0.25, 0.3) is 10.9 Å². The largest absolute Gasteiger partial charge is 0.483 e. The number of carboxylic acids is 1. The fraction of sp³-hybridized carbons (Fsp3) is 0.389. The number of benzene rings is 1. The van der Waals surface area contributed by atoms with Crippen molar-refractivity contribution < 1.29 is 24.9 Å². The van der Waals surface area contributed by atoms with Gasteiger partial charge in [-0.15, -0.1) is 11.8 Å². The molecule has 0 bridgehead atoms. The van der Waals surface area contributed by atoms with Gasteiger partial charge in [0.25, 0.3) is 6.47 Å². The SMILES string of the molecule is CSc1ccc2nc(N3CC[C@@H](O)[C@@H](C(=O)O)C3)cc(C)c2c1.O=CO. The van der Waals surface area contributed by atoms with Crippen LogP contribution < -0.4 is 4.90 Å². The van der Waals surface area contributed by atoms with Crippen LogP contribution in [0.5, 0.6) is 0 Å². The molecule has 0 saturated carbocycles. The molecule has 1 aliphatic rings. The number of fused-ring (bicyclic) bond motifs is 1. The number of aromatic nitrogens is 1. The maximum absolute atomic E-state index is 11.3. The van der Waals surface area contributed by atoms with E-state index in [0.29, 0.717) is 13.0 Å². The molecule has 3 N–H and O–H groups in total. The topological polar surface area (TPSA) is 111 Å². The molecule has 2 heterocycles. The van der Waals surface area contributed by atoms with Crippen LogP contribution >= 0.6 is 11.8 Å². The Morgan fingerprint density at radius 3 is 2.69 bits per heavy atom. The fourth-order valence-electron chi connectivity index (χ4n) is 3.03. The highest BCUT2D eigenvalue weighted by Gasteiger charge is 2.33. The van der Waals surface area contributed by atoms with Crippen molar-refractivity contribution in [2.24, 2.45) is 5.92 Å². The van der Waals surface area contributed by atoms with E-state index in [1.807, 2.05) is 36.3 Å². The molecule has 0 radical (unpaired) electrons. The monoisotopic (exact) mass is 378 g/mol. The number of piperidine rings is 1. The molecule has 1 aromatic carbocycles. The minimum Gasteiger partial charge on any atom is -0.483 e. The molecule has 0 amide bonds. The third-order valence-electron chi connectivity index (χ3n) is 4.43. The Morgan fingerprint density at radius 1 is 1.38 bits per heavy atom. The van der Waals surface area contributed by atoms with Crippen LogP contribution in [0.2, 0.25) is 0 Å². The molecular formula is C18H22N2O5S. The van der Waals surface area contributed by atoms with E-state index in [1.165, 1.54) is 4.90 Å². The van der Waals surface area contributed by atoms with Crippen LogP contribution in [0.4, 0.5) is 5.82 Å². The van der Waals surface area contributed by atoms with E-state index in [9.17, 15) is 15.0 Å². The lowest BCUT2D eigenvalue weighted by atomic mass is 9.95. The summed E-state index contributed by atoms with van der Waals surface area (Å²) in [7, 11) is 0. The van der Waals surface area contributed by atoms with Crippen LogP contribution in [-0.2, 0) is 9.59 Å². The lowest BCUT2D eigenvalue weighted by Gasteiger charge is -2.35. The van der Waals surface area contributed by atoms with Gasteiger partial charge in [0.05, 0.1) is 11.6 Å². The minimum absolute atomic E-state index is 0.250. The first-order chi connectivity index (χ1) is 12.4. The Hall–Kier alpha value is -2.32. The highest BCUT2D eigenvalue weighted by molar-refractivity contribution is 7.98. The van der Waals surface area contributed by atoms with Crippen molar-refractivity contribution in [1.29, 1.82) is 0 Å². The zero-order valence-corrected chi connectivity index (χ0v) is 15.4. The predicted molar refractivity (Wildman–Crippen MR) is 101 cm³/mol. The van der Waals surface area contributed by atoms with Gasteiger partial charge >= 0.3 is 5.97 Å². The number of hydrogen-bond donors (Lipinski definition) is 3. The number of pyridine rings is 1.